The Balaban J connectivity index is 2.21. The molecule has 0 aliphatic carbocycles. The standard InChI is InChI=1S/C16H8Br2N2O/c17-11-4-10(5-12(18)6-11)16(21)13-8-20-14-3-1-2-9(7-19)15(13)14/h1-6,8,20H. The molecule has 21 heavy (non-hydrogen) atoms. The van der Waals surface area contributed by atoms with E-state index in [4.69, 9.17) is 0 Å². The molecular weight excluding hydrogens is 396 g/mol. The molecule has 0 aliphatic rings. The van der Waals surface area contributed by atoms with Crippen LogP contribution in [0.3, 0.4) is 0 Å². The molecule has 1 N–H and O–H groups in total. The molecule has 3 aromatic rings. The molecule has 0 radical (unpaired) electrons. The number of nitriles is 1. The van der Waals surface area contributed by atoms with E-state index in [2.05, 4.69) is 42.9 Å². The summed E-state index contributed by atoms with van der Waals surface area (Å²) in [5.74, 6) is -0.119. The van der Waals surface area contributed by atoms with Crippen molar-refractivity contribution in [2.24, 2.45) is 0 Å². The van der Waals surface area contributed by atoms with E-state index in [1.54, 1.807) is 30.5 Å². The van der Waals surface area contributed by atoms with E-state index < -0.39 is 0 Å². The summed E-state index contributed by atoms with van der Waals surface area (Å²) in [7, 11) is 0. The highest BCUT2D eigenvalue weighted by Gasteiger charge is 2.17. The van der Waals surface area contributed by atoms with Crippen LogP contribution in [0.2, 0.25) is 0 Å². The molecule has 0 amide bonds. The Morgan fingerprint density at radius 2 is 1.86 bits per heavy atom. The maximum absolute atomic E-state index is 12.7. The van der Waals surface area contributed by atoms with Gasteiger partial charge in [-0.1, -0.05) is 37.9 Å². The number of ketones is 1. The lowest BCUT2D eigenvalue weighted by molar-refractivity contribution is 0.104. The normalized spacial score (nSPS) is 10.5. The van der Waals surface area contributed by atoms with Gasteiger partial charge in [0.15, 0.2) is 5.78 Å². The molecule has 0 atom stereocenters. The number of carbonyl (C=O) groups is 1. The number of hydrogen-bond acceptors (Lipinski definition) is 2. The number of rotatable bonds is 2. The number of hydrogen-bond donors (Lipinski definition) is 1. The molecule has 0 saturated carbocycles. The minimum atomic E-state index is -0.119. The zero-order chi connectivity index (χ0) is 15.0. The van der Waals surface area contributed by atoms with Crippen LogP contribution in [0, 0.1) is 11.3 Å². The maximum Gasteiger partial charge on any atom is 0.195 e. The zero-order valence-corrected chi connectivity index (χ0v) is 13.8. The van der Waals surface area contributed by atoms with Gasteiger partial charge < -0.3 is 4.98 Å². The van der Waals surface area contributed by atoms with Gasteiger partial charge in [-0.2, -0.15) is 5.26 Å². The third kappa shape index (κ3) is 2.53. The predicted molar refractivity (Wildman–Crippen MR) is 88.3 cm³/mol. The molecule has 3 nitrogen and oxygen atoms in total. The molecule has 5 heteroatoms. The summed E-state index contributed by atoms with van der Waals surface area (Å²) in [4.78, 5) is 15.8. The third-order valence-corrected chi connectivity index (χ3v) is 4.11. The first-order valence-corrected chi connectivity index (χ1v) is 7.70. The quantitative estimate of drug-likeness (QED) is 0.625. The van der Waals surface area contributed by atoms with Crippen LogP contribution in [0.25, 0.3) is 10.9 Å². The fourth-order valence-electron chi connectivity index (χ4n) is 2.30. The van der Waals surface area contributed by atoms with Crippen LogP contribution in [0.1, 0.15) is 21.5 Å². The number of benzene rings is 2. The first-order chi connectivity index (χ1) is 10.1. The number of H-pyrrole nitrogens is 1. The SMILES string of the molecule is N#Cc1cccc2[nH]cc(C(=O)c3cc(Br)cc(Br)c3)c12. The zero-order valence-electron chi connectivity index (χ0n) is 10.7. The first kappa shape index (κ1) is 14.1. The minimum Gasteiger partial charge on any atom is -0.360 e. The largest absolute Gasteiger partial charge is 0.360 e. The lowest BCUT2D eigenvalue weighted by Crippen LogP contribution is -2.01. The van der Waals surface area contributed by atoms with Crippen LogP contribution < -0.4 is 0 Å². The van der Waals surface area contributed by atoms with Gasteiger partial charge in [0.2, 0.25) is 0 Å². The summed E-state index contributed by atoms with van der Waals surface area (Å²) >= 11 is 6.76. The van der Waals surface area contributed by atoms with Gasteiger partial charge in [0.1, 0.15) is 0 Å². The van der Waals surface area contributed by atoms with Gasteiger partial charge in [0.05, 0.1) is 11.6 Å². The summed E-state index contributed by atoms with van der Waals surface area (Å²) < 4.78 is 1.64. The smallest absolute Gasteiger partial charge is 0.195 e. The fourth-order valence-corrected chi connectivity index (χ4v) is 3.59. The van der Waals surface area contributed by atoms with Gasteiger partial charge in [-0.3, -0.25) is 4.79 Å². The Kier molecular flexibility index (Phi) is 3.66. The second-order valence-corrected chi connectivity index (χ2v) is 6.36. The van der Waals surface area contributed by atoms with Gasteiger partial charge in [0.25, 0.3) is 0 Å². The molecule has 102 valence electrons. The average Bonchev–Trinajstić information content (AvgIpc) is 2.89. The van der Waals surface area contributed by atoms with Crippen molar-refractivity contribution in [3.05, 3.63) is 68.2 Å². The van der Waals surface area contributed by atoms with Crippen molar-refractivity contribution in [2.75, 3.05) is 0 Å². The molecule has 1 aromatic heterocycles. The Hall–Kier alpha value is -1.90. The van der Waals surface area contributed by atoms with Crippen LogP contribution >= 0.6 is 31.9 Å². The van der Waals surface area contributed by atoms with Crippen molar-refractivity contribution >= 4 is 48.5 Å². The van der Waals surface area contributed by atoms with Crippen LogP contribution in [-0.2, 0) is 0 Å². The Labute approximate surface area is 137 Å². The van der Waals surface area contributed by atoms with Crippen molar-refractivity contribution in [3.8, 4) is 6.07 Å². The number of carbonyl (C=O) groups excluding carboxylic acids is 1. The molecule has 1 heterocycles. The average molecular weight is 404 g/mol. The van der Waals surface area contributed by atoms with Gasteiger partial charge in [-0.15, -0.1) is 0 Å². The van der Waals surface area contributed by atoms with E-state index in [9.17, 15) is 10.1 Å². The molecule has 0 unspecified atom stereocenters. The molecule has 0 spiro atoms. The topological polar surface area (TPSA) is 56.6 Å². The highest BCUT2D eigenvalue weighted by atomic mass is 79.9. The molecule has 3 rings (SSSR count). The number of nitrogens with one attached hydrogen (secondary N) is 1. The number of halogens is 2. The second-order valence-electron chi connectivity index (χ2n) is 4.53. The highest BCUT2D eigenvalue weighted by molar-refractivity contribution is 9.11. The summed E-state index contributed by atoms with van der Waals surface area (Å²) in [6.07, 6.45) is 1.66. The Bertz CT molecular complexity index is 886. The van der Waals surface area contributed by atoms with Gasteiger partial charge in [0, 0.05) is 37.2 Å². The first-order valence-electron chi connectivity index (χ1n) is 6.11. The molecule has 0 fully saturated rings. The molecular formula is C16H8Br2N2O. The van der Waals surface area contributed by atoms with E-state index in [-0.39, 0.29) is 5.78 Å². The van der Waals surface area contributed by atoms with Crippen LogP contribution in [0.15, 0.2) is 51.5 Å². The van der Waals surface area contributed by atoms with E-state index in [0.717, 1.165) is 14.5 Å². The number of aromatic amines is 1. The lowest BCUT2D eigenvalue weighted by Gasteiger charge is -2.03. The predicted octanol–water partition coefficient (Wildman–Crippen LogP) is 4.80. The monoisotopic (exact) mass is 402 g/mol. The maximum atomic E-state index is 12.7. The van der Waals surface area contributed by atoms with Gasteiger partial charge in [-0.25, -0.2) is 0 Å². The van der Waals surface area contributed by atoms with E-state index >= 15 is 0 Å². The van der Waals surface area contributed by atoms with E-state index in [1.807, 2.05) is 12.1 Å². The second kappa shape index (κ2) is 5.47. The van der Waals surface area contributed by atoms with Crippen molar-refractivity contribution in [1.29, 1.82) is 5.26 Å². The molecule has 2 aromatic carbocycles. The Morgan fingerprint density at radius 1 is 1.14 bits per heavy atom. The van der Waals surface area contributed by atoms with Gasteiger partial charge in [-0.05, 0) is 30.3 Å². The summed E-state index contributed by atoms with van der Waals surface area (Å²) in [6, 6.07) is 12.9. The van der Waals surface area contributed by atoms with Crippen molar-refractivity contribution < 1.29 is 4.79 Å². The van der Waals surface area contributed by atoms with Crippen molar-refractivity contribution in [1.82, 2.24) is 4.98 Å². The van der Waals surface area contributed by atoms with Crippen molar-refractivity contribution in [2.45, 2.75) is 0 Å². The summed E-state index contributed by atoms with van der Waals surface area (Å²) in [5.41, 5.74) is 2.34. The highest BCUT2D eigenvalue weighted by Crippen LogP contribution is 2.27. The number of aromatic nitrogens is 1. The van der Waals surface area contributed by atoms with Crippen LogP contribution in [0.4, 0.5) is 0 Å². The lowest BCUT2D eigenvalue weighted by atomic mass is 10.00. The number of fused-ring (bicyclic) bond motifs is 1. The van der Waals surface area contributed by atoms with Crippen molar-refractivity contribution in [3.63, 3.8) is 0 Å². The summed E-state index contributed by atoms with van der Waals surface area (Å²) in [5, 5.41) is 9.90. The van der Waals surface area contributed by atoms with Gasteiger partial charge >= 0.3 is 0 Å². The van der Waals surface area contributed by atoms with E-state index in [1.165, 1.54) is 0 Å². The number of nitrogens with zero attached hydrogens (tertiary/aromatic N) is 1. The minimum absolute atomic E-state index is 0.119. The molecule has 0 aliphatic heterocycles. The van der Waals surface area contributed by atoms with Crippen LogP contribution in [-0.4, -0.2) is 10.8 Å². The molecule has 0 bridgehead atoms. The third-order valence-electron chi connectivity index (χ3n) is 3.20. The molecule has 0 saturated heterocycles. The Morgan fingerprint density at radius 3 is 2.52 bits per heavy atom. The van der Waals surface area contributed by atoms with E-state index in [0.29, 0.717) is 22.1 Å². The summed E-state index contributed by atoms with van der Waals surface area (Å²) in [6.45, 7) is 0. The fraction of sp³-hybridized carbons (Fsp3) is 0. The van der Waals surface area contributed by atoms with Crippen LogP contribution in [0.5, 0.6) is 0 Å².